The Balaban J connectivity index is 2.43. The third-order valence-corrected chi connectivity index (χ3v) is 3.91. The monoisotopic (exact) mass is 316 g/mol. The first kappa shape index (κ1) is 14.2. The summed E-state index contributed by atoms with van der Waals surface area (Å²) in [5.74, 6) is 0. The summed E-state index contributed by atoms with van der Waals surface area (Å²) in [7, 11) is -3.53. The molecule has 100 valence electrons. The number of hydrogen-bond donors (Lipinski definition) is 0. The van der Waals surface area contributed by atoms with Crippen molar-refractivity contribution in [3.63, 3.8) is 0 Å². The van der Waals surface area contributed by atoms with Crippen LogP contribution in [0.2, 0.25) is 10.3 Å². The molecule has 0 aliphatic rings. The quantitative estimate of drug-likeness (QED) is 0.645. The van der Waals surface area contributed by atoms with Gasteiger partial charge in [-0.2, -0.15) is 0 Å². The fourth-order valence-corrected chi connectivity index (χ4v) is 2.66. The predicted molar refractivity (Wildman–Crippen MR) is 74.4 cm³/mol. The first-order valence-corrected chi connectivity index (χ1v) is 7.98. The molecular formula is C12H10Cl2N2O2S. The lowest BCUT2D eigenvalue weighted by molar-refractivity contribution is 0.592. The fraction of sp³-hybridized carbons (Fsp3) is 0.167. The molecule has 0 aliphatic heterocycles. The van der Waals surface area contributed by atoms with Gasteiger partial charge in [0, 0.05) is 18.2 Å². The van der Waals surface area contributed by atoms with E-state index in [9.17, 15) is 8.42 Å². The maximum absolute atomic E-state index is 11.4. The van der Waals surface area contributed by atoms with E-state index < -0.39 is 9.84 Å². The lowest BCUT2D eigenvalue weighted by Gasteiger charge is -2.07. The summed E-state index contributed by atoms with van der Waals surface area (Å²) >= 11 is 12.0. The Bertz CT molecular complexity index is 680. The summed E-state index contributed by atoms with van der Waals surface area (Å²) in [6.07, 6.45) is 1.45. The minimum atomic E-state index is -3.53. The molecule has 0 saturated heterocycles. The molecule has 1 aromatic heterocycles. The highest BCUT2D eigenvalue weighted by molar-refractivity contribution is 7.90. The van der Waals surface area contributed by atoms with Crippen molar-refractivity contribution in [3.8, 4) is 0 Å². The molecule has 0 fully saturated rings. The Morgan fingerprint density at radius 2 is 1.58 bits per heavy atom. The molecule has 7 heteroatoms. The molecule has 0 saturated carbocycles. The summed E-state index contributed by atoms with van der Waals surface area (Å²) < 4.78 is 22.7. The third kappa shape index (κ3) is 3.43. The second kappa shape index (κ2) is 5.45. The largest absolute Gasteiger partial charge is 0.249 e. The number of sulfone groups is 1. The highest BCUT2D eigenvalue weighted by Crippen LogP contribution is 2.25. The van der Waals surface area contributed by atoms with Gasteiger partial charge in [0.25, 0.3) is 0 Å². The van der Waals surface area contributed by atoms with E-state index in [0.717, 1.165) is 11.8 Å². The van der Waals surface area contributed by atoms with Crippen LogP contribution in [0.15, 0.2) is 35.5 Å². The minimum Gasteiger partial charge on any atom is -0.221 e. The Labute approximate surface area is 121 Å². The van der Waals surface area contributed by atoms with Gasteiger partial charge in [0.15, 0.2) is 0 Å². The summed E-state index contributed by atoms with van der Waals surface area (Å²) in [6, 6.07) is 9.51. The van der Waals surface area contributed by atoms with Gasteiger partial charge in [-0.25, -0.2) is 18.4 Å². The first-order chi connectivity index (χ1) is 8.88. The van der Waals surface area contributed by atoms with Crippen molar-refractivity contribution in [2.24, 2.45) is 0 Å². The molecule has 0 radical (unpaired) electrons. The smallest absolute Gasteiger partial charge is 0.221 e. The molecule has 0 N–H and O–H groups in total. The molecule has 0 amide bonds. The first-order valence-electron chi connectivity index (χ1n) is 5.34. The predicted octanol–water partition coefficient (Wildman–Crippen LogP) is 2.78. The fourth-order valence-electron chi connectivity index (χ4n) is 1.52. The van der Waals surface area contributed by atoms with Crippen LogP contribution in [0.1, 0.15) is 11.1 Å². The van der Waals surface area contributed by atoms with Gasteiger partial charge in [0.2, 0.25) is 15.0 Å². The zero-order chi connectivity index (χ0) is 14.0. The van der Waals surface area contributed by atoms with Crippen LogP contribution in [0.25, 0.3) is 0 Å². The lowest BCUT2D eigenvalue weighted by atomic mass is 10.1. The van der Waals surface area contributed by atoms with Crippen LogP contribution in [0.4, 0.5) is 0 Å². The van der Waals surface area contributed by atoms with Crippen LogP contribution in [0.5, 0.6) is 0 Å². The maximum Gasteiger partial charge on any atom is 0.249 e. The van der Waals surface area contributed by atoms with Crippen molar-refractivity contribution >= 4 is 33.0 Å². The van der Waals surface area contributed by atoms with Gasteiger partial charge in [-0.1, -0.05) is 53.5 Å². The molecule has 0 unspecified atom stereocenters. The molecule has 0 aliphatic carbocycles. The molecule has 0 atom stereocenters. The van der Waals surface area contributed by atoms with E-state index in [1.165, 1.54) is 0 Å². The number of benzene rings is 1. The number of halogens is 2. The Morgan fingerprint density at radius 3 is 2.05 bits per heavy atom. The zero-order valence-electron chi connectivity index (χ0n) is 9.97. The average molecular weight is 317 g/mol. The van der Waals surface area contributed by atoms with E-state index in [-0.39, 0.29) is 15.5 Å². The molecular weight excluding hydrogens is 307 g/mol. The number of hydrogen-bond acceptors (Lipinski definition) is 4. The van der Waals surface area contributed by atoms with E-state index in [0.29, 0.717) is 12.0 Å². The van der Waals surface area contributed by atoms with Gasteiger partial charge >= 0.3 is 0 Å². The number of rotatable bonds is 3. The van der Waals surface area contributed by atoms with Crippen molar-refractivity contribution in [3.05, 3.63) is 51.8 Å². The molecule has 0 bridgehead atoms. The molecule has 4 nitrogen and oxygen atoms in total. The highest BCUT2D eigenvalue weighted by atomic mass is 35.5. The van der Waals surface area contributed by atoms with Crippen molar-refractivity contribution in [1.29, 1.82) is 0 Å². The molecule has 19 heavy (non-hydrogen) atoms. The van der Waals surface area contributed by atoms with E-state index in [1.807, 2.05) is 30.3 Å². The van der Waals surface area contributed by atoms with E-state index >= 15 is 0 Å². The summed E-state index contributed by atoms with van der Waals surface area (Å²) in [6.45, 7) is 0. The third-order valence-electron chi connectivity index (χ3n) is 2.44. The summed E-state index contributed by atoms with van der Waals surface area (Å²) in [5.41, 5.74) is 1.50. The molecule has 1 aromatic carbocycles. The van der Waals surface area contributed by atoms with Gasteiger partial charge in [0.05, 0.1) is 0 Å². The van der Waals surface area contributed by atoms with Crippen LogP contribution in [0, 0.1) is 0 Å². The van der Waals surface area contributed by atoms with Crippen LogP contribution >= 0.6 is 23.2 Å². The van der Waals surface area contributed by atoms with Gasteiger partial charge in [-0.05, 0) is 5.56 Å². The Morgan fingerprint density at radius 1 is 1.05 bits per heavy atom. The van der Waals surface area contributed by atoms with E-state index in [1.54, 1.807) is 0 Å². The maximum atomic E-state index is 11.4. The minimum absolute atomic E-state index is 0.0595. The van der Waals surface area contributed by atoms with Gasteiger partial charge < -0.3 is 0 Å². The molecule has 2 aromatic rings. The van der Waals surface area contributed by atoms with Crippen LogP contribution in [0.3, 0.4) is 0 Å². The standard InChI is InChI=1S/C12H10Cl2N2O2S/c1-19(17,18)12-15-10(13)9(11(14)16-12)7-8-5-3-2-4-6-8/h2-6H,7H2,1H3. The van der Waals surface area contributed by atoms with E-state index in [4.69, 9.17) is 23.2 Å². The molecule has 1 heterocycles. The average Bonchev–Trinajstić information content (AvgIpc) is 2.33. The zero-order valence-corrected chi connectivity index (χ0v) is 12.3. The number of nitrogens with zero attached hydrogens (tertiary/aromatic N) is 2. The van der Waals surface area contributed by atoms with Crippen molar-refractivity contribution < 1.29 is 8.42 Å². The van der Waals surface area contributed by atoms with Crippen LogP contribution in [-0.2, 0) is 16.3 Å². The van der Waals surface area contributed by atoms with Gasteiger partial charge in [0.1, 0.15) is 10.3 Å². The van der Waals surface area contributed by atoms with Gasteiger partial charge in [-0.15, -0.1) is 0 Å². The summed E-state index contributed by atoms with van der Waals surface area (Å²) in [4.78, 5) is 7.57. The van der Waals surface area contributed by atoms with Crippen LogP contribution in [-0.4, -0.2) is 24.6 Å². The van der Waals surface area contributed by atoms with Crippen molar-refractivity contribution in [2.45, 2.75) is 11.6 Å². The van der Waals surface area contributed by atoms with Gasteiger partial charge in [-0.3, -0.25) is 0 Å². The van der Waals surface area contributed by atoms with E-state index in [2.05, 4.69) is 9.97 Å². The van der Waals surface area contributed by atoms with Crippen molar-refractivity contribution in [2.75, 3.05) is 6.26 Å². The highest BCUT2D eigenvalue weighted by Gasteiger charge is 2.18. The molecule has 0 spiro atoms. The summed E-state index contributed by atoms with van der Waals surface area (Å²) in [5, 5.41) is -0.243. The normalized spacial score (nSPS) is 11.5. The number of aromatic nitrogens is 2. The topological polar surface area (TPSA) is 59.9 Å². The Kier molecular flexibility index (Phi) is 4.08. The Hall–Kier alpha value is -1.17. The lowest BCUT2D eigenvalue weighted by Crippen LogP contribution is -2.07. The van der Waals surface area contributed by atoms with Crippen LogP contribution < -0.4 is 0 Å². The second-order valence-electron chi connectivity index (χ2n) is 4.00. The second-order valence-corrected chi connectivity index (χ2v) is 6.63. The van der Waals surface area contributed by atoms with Crippen molar-refractivity contribution in [1.82, 2.24) is 9.97 Å². The molecule has 2 rings (SSSR count). The SMILES string of the molecule is CS(=O)(=O)c1nc(Cl)c(Cc2ccccc2)c(Cl)n1.